The third-order valence-electron chi connectivity index (χ3n) is 5.28. The number of hydrogen-bond donors (Lipinski definition) is 1. The largest absolute Gasteiger partial charge is 0.467 e. The van der Waals surface area contributed by atoms with Crippen molar-refractivity contribution in [2.45, 2.75) is 57.9 Å². The molecule has 3 aromatic rings. The van der Waals surface area contributed by atoms with E-state index in [1.54, 1.807) is 47.8 Å². The van der Waals surface area contributed by atoms with Crippen molar-refractivity contribution in [1.29, 1.82) is 0 Å². The molecule has 3 rings (SSSR count). The van der Waals surface area contributed by atoms with Crippen LogP contribution in [0.4, 0.5) is 0 Å². The summed E-state index contributed by atoms with van der Waals surface area (Å²) in [6, 6.07) is 8.30. The van der Waals surface area contributed by atoms with Crippen molar-refractivity contribution in [3.05, 3.63) is 53.7 Å². The van der Waals surface area contributed by atoms with Gasteiger partial charge in [-0.3, -0.25) is 4.79 Å². The van der Waals surface area contributed by atoms with Crippen LogP contribution < -0.4 is 5.32 Å². The normalized spacial score (nSPS) is 12.0. The molecule has 0 unspecified atom stereocenters. The Kier molecular flexibility index (Phi) is 7.56. The summed E-state index contributed by atoms with van der Waals surface area (Å²) in [6.45, 7) is 7.10. The Morgan fingerprint density at radius 2 is 1.81 bits per heavy atom. The smallest absolute Gasteiger partial charge is 0.287 e. The monoisotopic (exact) mass is 446 g/mol. The fourth-order valence-corrected chi connectivity index (χ4v) is 4.95. The number of rotatable bonds is 11. The lowest BCUT2D eigenvalue weighted by atomic mass is 10.1. The van der Waals surface area contributed by atoms with Crippen LogP contribution in [0.2, 0.25) is 0 Å². The van der Waals surface area contributed by atoms with Crippen molar-refractivity contribution in [2.75, 3.05) is 13.1 Å². The highest BCUT2D eigenvalue weighted by atomic mass is 32.2. The number of hydrogen-bond acceptors (Lipinski definition) is 5. The van der Waals surface area contributed by atoms with Gasteiger partial charge in [-0.1, -0.05) is 26.7 Å². The molecule has 2 heterocycles. The molecule has 0 fully saturated rings. The van der Waals surface area contributed by atoms with Gasteiger partial charge >= 0.3 is 0 Å². The van der Waals surface area contributed by atoms with Gasteiger partial charge < -0.3 is 14.2 Å². The summed E-state index contributed by atoms with van der Waals surface area (Å²) in [7, 11) is -3.63. The maximum Gasteiger partial charge on any atom is 0.287 e. The molecule has 0 spiro atoms. The molecule has 1 amide bonds. The molecule has 1 N–H and O–H groups in total. The standard InChI is InChI=1S/C23H30N2O5S/c1-4-6-12-25(13-7-5-2)31(27,28)19-10-11-21-20(15-19)17(3)22(30-21)23(26)24-16-18-9-8-14-29-18/h8-11,14-15H,4-7,12-13,16H2,1-3H3,(H,24,26). The Hall–Kier alpha value is -2.58. The number of amides is 1. The number of nitrogens with one attached hydrogen (secondary N) is 1. The first-order valence-electron chi connectivity index (χ1n) is 10.7. The van der Waals surface area contributed by atoms with Gasteiger partial charge in [0.2, 0.25) is 10.0 Å². The molecule has 0 saturated carbocycles. The predicted octanol–water partition coefficient (Wildman–Crippen LogP) is 4.86. The summed E-state index contributed by atoms with van der Waals surface area (Å²) in [5.74, 6) is 0.432. The van der Waals surface area contributed by atoms with Crippen LogP contribution in [0.15, 0.2) is 50.3 Å². The zero-order valence-electron chi connectivity index (χ0n) is 18.3. The minimum atomic E-state index is -3.63. The van der Waals surface area contributed by atoms with E-state index in [0.717, 1.165) is 25.7 Å². The third-order valence-corrected chi connectivity index (χ3v) is 7.17. The van der Waals surface area contributed by atoms with Crippen LogP contribution in [0.25, 0.3) is 11.0 Å². The van der Waals surface area contributed by atoms with Crippen LogP contribution in [0.5, 0.6) is 0 Å². The van der Waals surface area contributed by atoms with Crippen LogP contribution >= 0.6 is 0 Å². The second kappa shape index (κ2) is 10.2. The summed E-state index contributed by atoms with van der Waals surface area (Å²) in [6.07, 6.45) is 5.02. The number of unbranched alkanes of at least 4 members (excludes halogenated alkanes) is 2. The summed E-state index contributed by atoms with van der Waals surface area (Å²) >= 11 is 0. The van der Waals surface area contributed by atoms with Gasteiger partial charge in [-0.15, -0.1) is 0 Å². The van der Waals surface area contributed by atoms with Crippen molar-refractivity contribution in [1.82, 2.24) is 9.62 Å². The number of carbonyl (C=O) groups is 1. The summed E-state index contributed by atoms with van der Waals surface area (Å²) < 4.78 is 39.1. The van der Waals surface area contributed by atoms with E-state index < -0.39 is 10.0 Å². The Morgan fingerprint density at radius 3 is 2.42 bits per heavy atom. The Balaban J connectivity index is 1.87. The molecule has 0 aliphatic heterocycles. The van der Waals surface area contributed by atoms with Gasteiger partial charge in [0.1, 0.15) is 11.3 Å². The number of fused-ring (bicyclic) bond motifs is 1. The van der Waals surface area contributed by atoms with Gasteiger partial charge in [0.25, 0.3) is 5.91 Å². The molecule has 0 atom stereocenters. The maximum atomic E-state index is 13.3. The van der Waals surface area contributed by atoms with Gasteiger partial charge in [-0.2, -0.15) is 4.31 Å². The topological polar surface area (TPSA) is 92.8 Å². The van der Waals surface area contributed by atoms with Crippen molar-refractivity contribution in [2.24, 2.45) is 0 Å². The highest BCUT2D eigenvalue weighted by Crippen LogP contribution is 2.29. The van der Waals surface area contributed by atoms with E-state index >= 15 is 0 Å². The fraction of sp³-hybridized carbons (Fsp3) is 0.435. The number of sulfonamides is 1. The molecule has 31 heavy (non-hydrogen) atoms. The molecular formula is C23H30N2O5S. The lowest BCUT2D eigenvalue weighted by Crippen LogP contribution is -2.33. The zero-order chi connectivity index (χ0) is 22.4. The minimum Gasteiger partial charge on any atom is -0.467 e. The van der Waals surface area contributed by atoms with E-state index in [2.05, 4.69) is 5.32 Å². The highest BCUT2D eigenvalue weighted by molar-refractivity contribution is 7.89. The molecule has 0 radical (unpaired) electrons. The van der Waals surface area contributed by atoms with Crippen LogP contribution in [0, 0.1) is 6.92 Å². The van der Waals surface area contributed by atoms with Crippen LogP contribution in [0.1, 0.15) is 61.4 Å². The quantitative estimate of drug-likeness (QED) is 0.454. The molecule has 168 valence electrons. The van der Waals surface area contributed by atoms with E-state index in [1.807, 2.05) is 13.8 Å². The maximum absolute atomic E-state index is 13.3. The first kappa shape index (κ1) is 23.1. The summed E-state index contributed by atoms with van der Waals surface area (Å²) in [5, 5.41) is 3.38. The molecule has 8 heteroatoms. The van der Waals surface area contributed by atoms with Gasteiger partial charge in [-0.25, -0.2) is 8.42 Å². The molecule has 0 aliphatic carbocycles. The Bertz CT molecular complexity index is 1110. The second-order valence-electron chi connectivity index (χ2n) is 7.59. The minimum absolute atomic E-state index is 0.171. The molecule has 0 bridgehead atoms. The molecule has 0 aliphatic rings. The Morgan fingerprint density at radius 1 is 1.10 bits per heavy atom. The fourth-order valence-electron chi connectivity index (χ4n) is 3.41. The number of furan rings is 2. The number of aryl methyl sites for hydroxylation is 1. The van der Waals surface area contributed by atoms with Gasteiger partial charge in [0, 0.05) is 24.0 Å². The van der Waals surface area contributed by atoms with Crippen LogP contribution in [-0.2, 0) is 16.6 Å². The number of nitrogens with zero attached hydrogens (tertiary/aromatic N) is 1. The van der Waals surface area contributed by atoms with Crippen molar-refractivity contribution < 1.29 is 22.0 Å². The average Bonchev–Trinajstić information content (AvgIpc) is 3.39. The van der Waals surface area contributed by atoms with Crippen molar-refractivity contribution in [3.8, 4) is 0 Å². The molecule has 1 aromatic carbocycles. The molecular weight excluding hydrogens is 416 g/mol. The average molecular weight is 447 g/mol. The van der Waals surface area contributed by atoms with E-state index in [9.17, 15) is 13.2 Å². The lowest BCUT2D eigenvalue weighted by Gasteiger charge is -2.22. The van der Waals surface area contributed by atoms with Gasteiger partial charge in [-0.05, 0) is 50.1 Å². The second-order valence-corrected chi connectivity index (χ2v) is 9.53. The van der Waals surface area contributed by atoms with Gasteiger partial charge in [0.15, 0.2) is 5.76 Å². The predicted molar refractivity (Wildman–Crippen MR) is 119 cm³/mol. The molecule has 2 aromatic heterocycles. The van der Waals surface area contributed by atoms with Crippen molar-refractivity contribution in [3.63, 3.8) is 0 Å². The van der Waals surface area contributed by atoms with Crippen LogP contribution in [-0.4, -0.2) is 31.7 Å². The Labute approximate surface area is 183 Å². The molecule has 7 nitrogen and oxygen atoms in total. The first-order valence-corrected chi connectivity index (χ1v) is 12.2. The molecule has 0 saturated heterocycles. The SMILES string of the molecule is CCCCN(CCCC)S(=O)(=O)c1ccc2oc(C(=O)NCc3ccco3)c(C)c2c1. The summed E-state index contributed by atoms with van der Waals surface area (Å²) in [5.41, 5.74) is 1.09. The number of benzene rings is 1. The van der Waals surface area contributed by atoms with E-state index in [1.165, 1.54) is 0 Å². The number of carbonyl (C=O) groups excluding carboxylic acids is 1. The zero-order valence-corrected chi connectivity index (χ0v) is 19.1. The van der Waals surface area contributed by atoms with E-state index in [0.29, 0.717) is 35.4 Å². The van der Waals surface area contributed by atoms with Gasteiger partial charge in [0.05, 0.1) is 17.7 Å². The summed E-state index contributed by atoms with van der Waals surface area (Å²) in [4.78, 5) is 12.8. The van der Waals surface area contributed by atoms with Crippen molar-refractivity contribution >= 4 is 26.9 Å². The lowest BCUT2D eigenvalue weighted by molar-refractivity contribution is 0.0921. The van der Waals surface area contributed by atoms with E-state index in [-0.39, 0.29) is 23.1 Å². The first-order chi connectivity index (χ1) is 14.9. The van der Waals surface area contributed by atoms with E-state index in [4.69, 9.17) is 8.83 Å². The third kappa shape index (κ3) is 5.19. The highest BCUT2D eigenvalue weighted by Gasteiger charge is 2.25. The van der Waals surface area contributed by atoms with Crippen LogP contribution in [0.3, 0.4) is 0 Å².